The Morgan fingerprint density at radius 2 is 2.12 bits per heavy atom. The molecule has 1 fully saturated rings. The van der Waals surface area contributed by atoms with Crippen LogP contribution >= 0.6 is 0 Å². The minimum absolute atomic E-state index is 0.0348. The maximum Gasteiger partial charge on any atom is 0.222 e. The molecule has 1 aliphatic rings. The summed E-state index contributed by atoms with van der Waals surface area (Å²) in [4.78, 5) is 24.6. The van der Waals surface area contributed by atoms with Gasteiger partial charge in [-0.1, -0.05) is 0 Å². The predicted octanol–water partition coefficient (Wildman–Crippen LogP) is 0.241. The van der Waals surface area contributed by atoms with Crippen LogP contribution in [-0.4, -0.2) is 41.4 Å². The van der Waals surface area contributed by atoms with Crippen molar-refractivity contribution in [1.82, 2.24) is 10.2 Å². The lowest BCUT2D eigenvalue weighted by Crippen LogP contribution is -2.38. The molecule has 0 aliphatic carbocycles. The van der Waals surface area contributed by atoms with Crippen molar-refractivity contribution in [2.24, 2.45) is 5.73 Å². The summed E-state index contributed by atoms with van der Waals surface area (Å²) < 4.78 is 0. The van der Waals surface area contributed by atoms with Crippen molar-refractivity contribution in [3.05, 3.63) is 0 Å². The fraction of sp³-hybridized carbons (Fsp3) is 0.833. The summed E-state index contributed by atoms with van der Waals surface area (Å²) in [5.41, 5.74) is 5.55. The lowest BCUT2D eigenvalue weighted by Gasteiger charge is -2.21. The van der Waals surface area contributed by atoms with Gasteiger partial charge in [0.15, 0.2) is 0 Å². The van der Waals surface area contributed by atoms with E-state index >= 15 is 0 Å². The SMILES string of the molecule is CC(=O)NC1CCN(C(=O)CCC(C)(C)N)C1. The summed E-state index contributed by atoms with van der Waals surface area (Å²) >= 11 is 0. The van der Waals surface area contributed by atoms with E-state index in [1.807, 2.05) is 18.7 Å². The zero-order valence-corrected chi connectivity index (χ0v) is 11.0. The van der Waals surface area contributed by atoms with Gasteiger partial charge in [-0.15, -0.1) is 0 Å². The Hall–Kier alpha value is -1.10. The molecule has 0 saturated carbocycles. The Kier molecular flexibility index (Phi) is 4.51. The number of nitrogens with one attached hydrogen (secondary N) is 1. The van der Waals surface area contributed by atoms with E-state index < -0.39 is 0 Å². The summed E-state index contributed by atoms with van der Waals surface area (Å²) in [5, 5.41) is 2.84. The smallest absolute Gasteiger partial charge is 0.222 e. The van der Waals surface area contributed by atoms with Gasteiger partial charge in [-0.2, -0.15) is 0 Å². The normalized spacial score (nSPS) is 20.5. The van der Waals surface area contributed by atoms with Crippen LogP contribution in [0.3, 0.4) is 0 Å². The molecule has 1 rings (SSSR count). The molecule has 0 radical (unpaired) electrons. The monoisotopic (exact) mass is 241 g/mol. The van der Waals surface area contributed by atoms with Crippen LogP contribution in [0.4, 0.5) is 0 Å². The molecule has 0 aromatic rings. The third-order valence-electron chi connectivity index (χ3n) is 2.93. The average molecular weight is 241 g/mol. The van der Waals surface area contributed by atoms with E-state index in [1.165, 1.54) is 6.92 Å². The number of nitrogens with two attached hydrogens (primary N) is 1. The summed E-state index contributed by atoms with van der Waals surface area (Å²) in [6.45, 7) is 6.70. The molecule has 0 bridgehead atoms. The number of carbonyl (C=O) groups excluding carboxylic acids is 2. The summed E-state index contributed by atoms with van der Waals surface area (Å²) in [6.07, 6.45) is 2.01. The molecule has 0 spiro atoms. The molecule has 0 aromatic heterocycles. The van der Waals surface area contributed by atoms with Gasteiger partial charge in [0.1, 0.15) is 0 Å². The first-order valence-corrected chi connectivity index (χ1v) is 6.12. The van der Waals surface area contributed by atoms with E-state index in [9.17, 15) is 9.59 Å². The molecule has 1 saturated heterocycles. The van der Waals surface area contributed by atoms with E-state index in [0.29, 0.717) is 19.4 Å². The van der Waals surface area contributed by atoms with Crippen LogP contribution in [0.5, 0.6) is 0 Å². The molecule has 1 atom stereocenters. The predicted molar refractivity (Wildman–Crippen MR) is 66.3 cm³/mol. The van der Waals surface area contributed by atoms with Crippen LogP contribution in [0.25, 0.3) is 0 Å². The Balaban J connectivity index is 2.33. The van der Waals surface area contributed by atoms with Crippen LogP contribution in [0.2, 0.25) is 0 Å². The quantitative estimate of drug-likeness (QED) is 0.740. The second-order valence-corrected chi connectivity index (χ2v) is 5.51. The highest BCUT2D eigenvalue weighted by atomic mass is 16.2. The maximum absolute atomic E-state index is 11.9. The zero-order valence-electron chi connectivity index (χ0n) is 11.0. The molecule has 1 unspecified atom stereocenters. The largest absolute Gasteiger partial charge is 0.352 e. The van der Waals surface area contributed by atoms with Gasteiger partial charge in [0.25, 0.3) is 0 Å². The van der Waals surface area contributed by atoms with Gasteiger partial charge >= 0.3 is 0 Å². The number of rotatable bonds is 4. The second-order valence-electron chi connectivity index (χ2n) is 5.51. The molecular formula is C12H23N3O2. The Morgan fingerprint density at radius 1 is 1.47 bits per heavy atom. The number of amides is 2. The van der Waals surface area contributed by atoms with Crippen molar-refractivity contribution >= 4 is 11.8 Å². The van der Waals surface area contributed by atoms with Gasteiger partial charge in [-0.3, -0.25) is 9.59 Å². The van der Waals surface area contributed by atoms with Crippen molar-refractivity contribution in [2.45, 2.75) is 51.6 Å². The van der Waals surface area contributed by atoms with Crippen molar-refractivity contribution in [3.8, 4) is 0 Å². The summed E-state index contributed by atoms with van der Waals surface area (Å²) in [6, 6.07) is 0.113. The topological polar surface area (TPSA) is 75.4 Å². The number of hydrogen-bond acceptors (Lipinski definition) is 3. The van der Waals surface area contributed by atoms with Crippen molar-refractivity contribution in [2.75, 3.05) is 13.1 Å². The van der Waals surface area contributed by atoms with Gasteiger partial charge in [0.05, 0.1) is 0 Å². The lowest BCUT2D eigenvalue weighted by atomic mass is 10.00. The molecule has 1 aliphatic heterocycles. The average Bonchev–Trinajstić information content (AvgIpc) is 2.60. The third kappa shape index (κ3) is 5.17. The minimum atomic E-state index is -0.299. The lowest BCUT2D eigenvalue weighted by molar-refractivity contribution is -0.130. The van der Waals surface area contributed by atoms with Gasteiger partial charge in [-0.05, 0) is 26.7 Å². The van der Waals surface area contributed by atoms with Gasteiger partial charge in [0, 0.05) is 38.0 Å². The number of carbonyl (C=O) groups is 2. The van der Waals surface area contributed by atoms with Crippen LogP contribution in [-0.2, 0) is 9.59 Å². The van der Waals surface area contributed by atoms with E-state index in [-0.39, 0.29) is 23.4 Å². The standard InChI is InChI=1S/C12H23N3O2/c1-9(16)14-10-5-7-15(8-10)11(17)4-6-12(2,3)13/h10H,4-8,13H2,1-3H3,(H,14,16). The number of hydrogen-bond donors (Lipinski definition) is 2. The molecule has 0 aromatic carbocycles. The van der Waals surface area contributed by atoms with Crippen LogP contribution in [0.15, 0.2) is 0 Å². The third-order valence-corrected chi connectivity index (χ3v) is 2.93. The molecule has 17 heavy (non-hydrogen) atoms. The van der Waals surface area contributed by atoms with Crippen molar-refractivity contribution in [3.63, 3.8) is 0 Å². The van der Waals surface area contributed by atoms with Crippen molar-refractivity contribution < 1.29 is 9.59 Å². The molecule has 98 valence electrons. The Morgan fingerprint density at radius 3 is 2.65 bits per heavy atom. The highest BCUT2D eigenvalue weighted by Gasteiger charge is 2.27. The molecule has 3 N–H and O–H groups in total. The van der Waals surface area contributed by atoms with Crippen LogP contribution < -0.4 is 11.1 Å². The fourth-order valence-electron chi connectivity index (χ4n) is 1.98. The Bertz CT molecular complexity index is 297. The van der Waals surface area contributed by atoms with E-state index in [4.69, 9.17) is 5.73 Å². The first-order chi connectivity index (χ1) is 7.78. The van der Waals surface area contributed by atoms with Gasteiger partial charge in [0.2, 0.25) is 11.8 Å². The second kappa shape index (κ2) is 5.49. The van der Waals surface area contributed by atoms with E-state index in [0.717, 1.165) is 13.0 Å². The molecule has 1 heterocycles. The highest BCUT2D eigenvalue weighted by Crippen LogP contribution is 2.14. The molecule has 5 nitrogen and oxygen atoms in total. The summed E-state index contributed by atoms with van der Waals surface area (Å²) in [5.74, 6) is 0.101. The molecule has 5 heteroatoms. The molecular weight excluding hydrogens is 218 g/mol. The zero-order chi connectivity index (χ0) is 13.1. The molecule has 2 amide bonds. The van der Waals surface area contributed by atoms with Crippen molar-refractivity contribution in [1.29, 1.82) is 0 Å². The Labute approximate surface area is 103 Å². The van der Waals surface area contributed by atoms with E-state index in [2.05, 4.69) is 5.32 Å². The number of likely N-dealkylation sites (tertiary alicyclic amines) is 1. The fourth-order valence-corrected chi connectivity index (χ4v) is 1.98. The maximum atomic E-state index is 11.9. The van der Waals surface area contributed by atoms with Crippen LogP contribution in [0.1, 0.15) is 40.0 Å². The van der Waals surface area contributed by atoms with Gasteiger partial charge in [-0.25, -0.2) is 0 Å². The summed E-state index contributed by atoms with van der Waals surface area (Å²) in [7, 11) is 0. The first kappa shape index (κ1) is 14.0. The van der Waals surface area contributed by atoms with Gasteiger partial charge < -0.3 is 16.0 Å². The first-order valence-electron chi connectivity index (χ1n) is 6.12. The highest BCUT2D eigenvalue weighted by molar-refractivity contribution is 5.77. The van der Waals surface area contributed by atoms with E-state index in [1.54, 1.807) is 0 Å². The van der Waals surface area contributed by atoms with Crippen LogP contribution in [0, 0.1) is 0 Å². The minimum Gasteiger partial charge on any atom is -0.352 e. The number of nitrogens with zero attached hydrogens (tertiary/aromatic N) is 1.